The molecule has 0 aromatic carbocycles. The molecule has 2 rings (SSSR count). The third kappa shape index (κ3) is 2.33. The topological polar surface area (TPSA) is 3.24 Å². The minimum absolute atomic E-state index is 0.712. The van der Waals surface area contributed by atoms with Gasteiger partial charge in [0.25, 0.3) is 0 Å². The van der Waals surface area contributed by atoms with Crippen molar-refractivity contribution >= 4 is 15.9 Å². The lowest BCUT2D eigenvalue weighted by Crippen LogP contribution is -2.46. The number of likely N-dealkylation sites (tertiary alicyclic amines) is 1. The fourth-order valence-electron chi connectivity index (χ4n) is 2.92. The highest BCUT2D eigenvalue weighted by Crippen LogP contribution is 2.44. The largest absolute Gasteiger partial charge is 0.302 e. The van der Waals surface area contributed by atoms with Crippen LogP contribution in [-0.4, -0.2) is 29.4 Å². The second-order valence-electron chi connectivity index (χ2n) is 5.18. The first-order chi connectivity index (χ1) is 6.74. The fourth-order valence-corrected chi connectivity index (χ4v) is 3.65. The number of halogens is 1. The Morgan fingerprint density at radius 1 is 1.36 bits per heavy atom. The first kappa shape index (κ1) is 10.9. The van der Waals surface area contributed by atoms with E-state index in [1.165, 1.54) is 58.2 Å². The van der Waals surface area contributed by atoms with E-state index in [4.69, 9.17) is 0 Å². The standard InChI is InChI=1S/C12H22BrN/c1-2-12(6-4-7-12)10-14-8-3-5-11(13)9-14/h11H,2-10H2,1H3. The fraction of sp³-hybridized carbons (Fsp3) is 1.00. The Morgan fingerprint density at radius 3 is 2.64 bits per heavy atom. The predicted molar refractivity (Wildman–Crippen MR) is 65.0 cm³/mol. The van der Waals surface area contributed by atoms with E-state index in [0.717, 1.165) is 4.83 Å². The minimum Gasteiger partial charge on any atom is -0.302 e. The summed E-state index contributed by atoms with van der Waals surface area (Å²) in [5.74, 6) is 0. The van der Waals surface area contributed by atoms with Crippen LogP contribution in [0, 0.1) is 5.41 Å². The van der Waals surface area contributed by atoms with Gasteiger partial charge >= 0.3 is 0 Å². The monoisotopic (exact) mass is 259 g/mol. The molecule has 1 unspecified atom stereocenters. The normalized spacial score (nSPS) is 32.6. The predicted octanol–water partition coefficient (Wildman–Crippen LogP) is 3.43. The molecule has 1 saturated heterocycles. The summed E-state index contributed by atoms with van der Waals surface area (Å²) in [5.41, 5.74) is 0.712. The van der Waals surface area contributed by atoms with Crippen LogP contribution < -0.4 is 0 Å². The molecule has 0 amide bonds. The lowest BCUT2D eigenvalue weighted by molar-refractivity contribution is 0.0549. The van der Waals surface area contributed by atoms with E-state index in [1.807, 2.05) is 0 Å². The molecule has 1 heterocycles. The Bertz CT molecular complexity index is 183. The van der Waals surface area contributed by atoms with E-state index in [9.17, 15) is 0 Å². The highest BCUT2D eigenvalue weighted by molar-refractivity contribution is 9.09. The van der Waals surface area contributed by atoms with E-state index in [0.29, 0.717) is 5.41 Å². The van der Waals surface area contributed by atoms with Crippen molar-refractivity contribution in [2.24, 2.45) is 5.41 Å². The smallest absolute Gasteiger partial charge is 0.0273 e. The minimum atomic E-state index is 0.712. The molecule has 1 nitrogen and oxygen atoms in total. The van der Waals surface area contributed by atoms with Gasteiger partial charge in [0.1, 0.15) is 0 Å². The summed E-state index contributed by atoms with van der Waals surface area (Å²) < 4.78 is 0. The molecule has 0 spiro atoms. The molecular weight excluding hydrogens is 238 g/mol. The second-order valence-corrected chi connectivity index (χ2v) is 6.48. The van der Waals surface area contributed by atoms with Crippen molar-refractivity contribution in [1.82, 2.24) is 4.90 Å². The van der Waals surface area contributed by atoms with Crippen molar-refractivity contribution < 1.29 is 0 Å². The summed E-state index contributed by atoms with van der Waals surface area (Å²) in [6.45, 7) is 6.35. The summed E-state index contributed by atoms with van der Waals surface area (Å²) in [4.78, 5) is 3.44. The number of alkyl halides is 1. The van der Waals surface area contributed by atoms with Crippen LogP contribution >= 0.6 is 15.9 Å². The zero-order valence-corrected chi connectivity index (χ0v) is 10.9. The van der Waals surface area contributed by atoms with Gasteiger partial charge in [0.15, 0.2) is 0 Å². The molecule has 14 heavy (non-hydrogen) atoms. The molecule has 1 aliphatic heterocycles. The SMILES string of the molecule is CCC1(CN2CCCC(Br)C2)CCC1. The van der Waals surface area contributed by atoms with E-state index < -0.39 is 0 Å². The van der Waals surface area contributed by atoms with Crippen LogP contribution in [-0.2, 0) is 0 Å². The van der Waals surface area contributed by atoms with E-state index in [2.05, 4.69) is 27.8 Å². The quantitative estimate of drug-likeness (QED) is 0.703. The van der Waals surface area contributed by atoms with E-state index in [1.54, 1.807) is 0 Å². The van der Waals surface area contributed by atoms with Crippen molar-refractivity contribution in [2.45, 2.75) is 50.3 Å². The molecule has 2 fully saturated rings. The van der Waals surface area contributed by atoms with Gasteiger partial charge in [0.05, 0.1) is 0 Å². The molecule has 0 N–H and O–H groups in total. The lowest BCUT2D eigenvalue weighted by Gasteiger charge is -2.46. The number of hydrogen-bond acceptors (Lipinski definition) is 1. The summed E-state index contributed by atoms with van der Waals surface area (Å²) in [6.07, 6.45) is 8.57. The molecule has 0 radical (unpaired) electrons. The highest BCUT2D eigenvalue weighted by Gasteiger charge is 2.37. The number of nitrogens with zero attached hydrogens (tertiary/aromatic N) is 1. The summed E-state index contributed by atoms with van der Waals surface area (Å²) >= 11 is 3.76. The Morgan fingerprint density at radius 2 is 2.14 bits per heavy atom. The maximum atomic E-state index is 3.76. The molecule has 0 bridgehead atoms. The first-order valence-electron chi connectivity index (χ1n) is 6.10. The molecule has 1 atom stereocenters. The zero-order chi connectivity index (χ0) is 10.0. The van der Waals surface area contributed by atoms with E-state index in [-0.39, 0.29) is 0 Å². The summed E-state index contributed by atoms with van der Waals surface area (Å²) in [7, 11) is 0. The summed E-state index contributed by atoms with van der Waals surface area (Å²) in [6, 6.07) is 0. The van der Waals surface area contributed by atoms with Crippen LogP contribution in [0.25, 0.3) is 0 Å². The average molecular weight is 260 g/mol. The first-order valence-corrected chi connectivity index (χ1v) is 7.02. The van der Waals surface area contributed by atoms with Crippen molar-refractivity contribution in [1.29, 1.82) is 0 Å². The van der Waals surface area contributed by atoms with Crippen LogP contribution in [0.1, 0.15) is 45.4 Å². The third-order valence-electron chi connectivity index (χ3n) is 4.17. The molecule has 82 valence electrons. The van der Waals surface area contributed by atoms with E-state index >= 15 is 0 Å². The van der Waals surface area contributed by atoms with Gasteiger partial charge in [-0.1, -0.05) is 29.3 Å². The van der Waals surface area contributed by atoms with Gasteiger partial charge in [-0.3, -0.25) is 0 Å². The highest BCUT2D eigenvalue weighted by atomic mass is 79.9. The Hall–Kier alpha value is 0.440. The average Bonchev–Trinajstić information content (AvgIpc) is 2.11. The van der Waals surface area contributed by atoms with Gasteiger partial charge in [0, 0.05) is 17.9 Å². The number of piperidine rings is 1. The second kappa shape index (κ2) is 4.52. The molecule has 2 heteroatoms. The van der Waals surface area contributed by atoms with Crippen LogP contribution in [0.2, 0.25) is 0 Å². The van der Waals surface area contributed by atoms with Crippen molar-refractivity contribution in [2.75, 3.05) is 19.6 Å². The molecule has 0 aromatic rings. The lowest BCUT2D eigenvalue weighted by atomic mass is 9.66. The molecule has 1 saturated carbocycles. The Balaban J connectivity index is 1.83. The van der Waals surface area contributed by atoms with Crippen LogP contribution in [0.5, 0.6) is 0 Å². The Kier molecular flexibility index (Phi) is 3.54. The van der Waals surface area contributed by atoms with Gasteiger partial charge in [-0.2, -0.15) is 0 Å². The molecular formula is C12H22BrN. The Labute approximate surface area is 96.4 Å². The van der Waals surface area contributed by atoms with Crippen LogP contribution in [0.4, 0.5) is 0 Å². The number of rotatable bonds is 3. The van der Waals surface area contributed by atoms with Gasteiger partial charge < -0.3 is 4.90 Å². The maximum Gasteiger partial charge on any atom is 0.0273 e. The van der Waals surface area contributed by atoms with Gasteiger partial charge in [-0.25, -0.2) is 0 Å². The van der Waals surface area contributed by atoms with Crippen molar-refractivity contribution in [3.05, 3.63) is 0 Å². The third-order valence-corrected chi connectivity index (χ3v) is 4.92. The van der Waals surface area contributed by atoms with Gasteiger partial charge in [-0.05, 0) is 44.1 Å². The maximum absolute atomic E-state index is 3.76. The number of hydrogen-bond donors (Lipinski definition) is 0. The summed E-state index contributed by atoms with van der Waals surface area (Å²) in [5, 5.41) is 0. The van der Waals surface area contributed by atoms with Gasteiger partial charge in [0.2, 0.25) is 0 Å². The molecule has 1 aliphatic carbocycles. The zero-order valence-electron chi connectivity index (χ0n) is 9.27. The van der Waals surface area contributed by atoms with Crippen LogP contribution in [0.15, 0.2) is 0 Å². The molecule has 0 aromatic heterocycles. The van der Waals surface area contributed by atoms with Crippen LogP contribution in [0.3, 0.4) is 0 Å². The van der Waals surface area contributed by atoms with Crippen molar-refractivity contribution in [3.63, 3.8) is 0 Å². The van der Waals surface area contributed by atoms with Crippen molar-refractivity contribution in [3.8, 4) is 0 Å². The van der Waals surface area contributed by atoms with Gasteiger partial charge in [-0.15, -0.1) is 0 Å². The molecule has 2 aliphatic rings.